The van der Waals surface area contributed by atoms with Gasteiger partial charge >= 0.3 is 0 Å². The van der Waals surface area contributed by atoms with E-state index in [-0.39, 0.29) is 12.5 Å². The molecule has 9 heteroatoms. The summed E-state index contributed by atoms with van der Waals surface area (Å²) in [5.41, 5.74) is 0. The Morgan fingerprint density at radius 3 is 1.50 bits per heavy atom. The Kier molecular flexibility index (Phi) is 39.8. The van der Waals surface area contributed by atoms with Crippen LogP contribution < -0.4 is 5.32 Å². The number of carbonyl (C=O) groups excluding carboxylic acids is 1. The topological polar surface area (TPSA) is 149 Å². The van der Waals surface area contributed by atoms with Crippen LogP contribution in [0.4, 0.5) is 0 Å². The Labute approximate surface area is 388 Å². The summed E-state index contributed by atoms with van der Waals surface area (Å²) < 4.78 is 11.2. The van der Waals surface area contributed by atoms with Crippen LogP contribution in [-0.2, 0) is 14.3 Å². The Morgan fingerprint density at radius 2 is 0.984 bits per heavy atom. The molecule has 0 saturated carbocycles. The summed E-state index contributed by atoms with van der Waals surface area (Å²) in [6.45, 7) is 3.55. The smallest absolute Gasteiger partial charge is 0.220 e. The average molecular weight is 892 g/mol. The number of hydrogen-bond donors (Lipinski definition) is 6. The van der Waals surface area contributed by atoms with E-state index in [2.05, 4.69) is 129 Å². The highest BCUT2D eigenvalue weighted by Gasteiger charge is 2.44. The lowest BCUT2D eigenvalue weighted by Crippen LogP contribution is -2.60. The van der Waals surface area contributed by atoms with E-state index in [1.807, 2.05) is 6.08 Å². The third-order valence-electron chi connectivity index (χ3n) is 10.7. The Bertz CT molecular complexity index is 1410. The summed E-state index contributed by atoms with van der Waals surface area (Å²) in [4.78, 5) is 13.0. The fourth-order valence-electron chi connectivity index (χ4n) is 6.80. The summed E-state index contributed by atoms with van der Waals surface area (Å²) in [6.07, 6.45) is 58.2. The summed E-state index contributed by atoms with van der Waals surface area (Å²) in [7, 11) is 0. The van der Waals surface area contributed by atoms with E-state index in [1.54, 1.807) is 6.08 Å². The van der Waals surface area contributed by atoms with Gasteiger partial charge in [-0.1, -0.05) is 180 Å². The highest BCUT2D eigenvalue weighted by molar-refractivity contribution is 5.76. The molecule has 0 aromatic carbocycles. The molecular weight excluding hydrogens is 803 g/mol. The lowest BCUT2D eigenvalue weighted by Gasteiger charge is -2.40. The molecule has 9 nitrogen and oxygen atoms in total. The molecule has 64 heavy (non-hydrogen) atoms. The highest BCUT2D eigenvalue weighted by Crippen LogP contribution is 2.22. The number of carbonyl (C=O) groups is 1. The molecule has 0 aliphatic carbocycles. The third kappa shape index (κ3) is 33.1. The van der Waals surface area contributed by atoms with Crippen LogP contribution >= 0.6 is 0 Å². The van der Waals surface area contributed by atoms with Gasteiger partial charge in [-0.05, 0) is 96.3 Å². The van der Waals surface area contributed by atoms with Crippen molar-refractivity contribution in [2.24, 2.45) is 0 Å². The molecule has 362 valence electrons. The molecule has 0 radical (unpaired) electrons. The normalized spacial score (nSPS) is 21.1. The largest absolute Gasteiger partial charge is 0.394 e. The zero-order valence-corrected chi connectivity index (χ0v) is 39.7. The van der Waals surface area contributed by atoms with Crippen LogP contribution in [0.1, 0.15) is 162 Å². The molecule has 0 aromatic heterocycles. The van der Waals surface area contributed by atoms with Crippen molar-refractivity contribution in [3.63, 3.8) is 0 Å². The van der Waals surface area contributed by atoms with Crippen molar-refractivity contribution in [2.75, 3.05) is 13.2 Å². The number of amides is 1. The van der Waals surface area contributed by atoms with Crippen molar-refractivity contribution in [1.82, 2.24) is 5.32 Å². The summed E-state index contributed by atoms with van der Waals surface area (Å²) >= 11 is 0. The summed E-state index contributed by atoms with van der Waals surface area (Å²) in [6, 6.07) is -0.842. The van der Waals surface area contributed by atoms with Crippen molar-refractivity contribution >= 4 is 5.91 Å². The monoisotopic (exact) mass is 892 g/mol. The van der Waals surface area contributed by atoms with Crippen LogP contribution in [0.25, 0.3) is 0 Å². The summed E-state index contributed by atoms with van der Waals surface area (Å²) in [5.74, 6) is -0.211. The molecule has 1 amide bonds. The van der Waals surface area contributed by atoms with Gasteiger partial charge < -0.3 is 40.3 Å². The SMILES string of the molecule is CC/C=C\C/C=C\C/C=C\C/C=C\C/C=C\C/C=C\C/C=C\CCCCCCCCCC(=O)NC(COC1OC(CO)C(O)C(O)C1O)C(O)/C=C/CC/C=C/CC/C=C/CCCC. The second-order valence-electron chi connectivity index (χ2n) is 16.5. The van der Waals surface area contributed by atoms with Crippen LogP contribution in [0.15, 0.2) is 122 Å². The molecule has 7 atom stereocenters. The molecule has 6 N–H and O–H groups in total. The van der Waals surface area contributed by atoms with Gasteiger partial charge in [0.05, 0.1) is 25.4 Å². The number of rotatable bonds is 39. The van der Waals surface area contributed by atoms with Gasteiger partial charge in [-0.2, -0.15) is 0 Å². The van der Waals surface area contributed by atoms with E-state index >= 15 is 0 Å². The maximum atomic E-state index is 13.0. The van der Waals surface area contributed by atoms with Gasteiger partial charge in [0, 0.05) is 6.42 Å². The minimum Gasteiger partial charge on any atom is -0.394 e. The van der Waals surface area contributed by atoms with Gasteiger partial charge in [0.25, 0.3) is 0 Å². The second-order valence-corrected chi connectivity index (χ2v) is 16.5. The number of hydrogen-bond acceptors (Lipinski definition) is 8. The number of aliphatic hydroxyl groups is 5. The molecule has 1 fully saturated rings. The highest BCUT2D eigenvalue weighted by atomic mass is 16.7. The van der Waals surface area contributed by atoms with Crippen LogP contribution in [0.5, 0.6) is 0 Å². The first-order chi connectivity index (χ1) is 31.3. The first-order valence-electron chi connectivity index (χ1n) is 24.8. The van der Waals surface area contributed by atoms with E-state index < -0.39 is 49.5 Å². The van der Waals surface area contributed by atoms with Crippen molar-refractivity contribution < 1.29 is 39.8 Å². The van der Waals surface area contributed by atoms with Gasteiger partial charge in [-0.25, -0.2) is 0 Å². The molecule has 1 rings (SSSR count). The predicted molar refractivity (Wildman–Crippen MR) is 267 cm³/mol. The van der Waals surface area contributed by atoms with Crippen molar-refractivity contribution in [2.45, 2.75) is 204 Å². The fourth-order valence-corrected chi connectivity index (χ4v) is 6.80. The Hall–Kier alpha value is -3.41. The first kappa shape index (κ1) is 58.6. The Balaban J connectivity index is 2.28. The van der Waals surface area contributed by atoms with Gasteiger partial charge in [0.1, 0.15) is 24.4 Å². The Morgan fingerprint density at radius 1 is 0.547 bits per heavy atom. The van der Waals surface area contributed by atoms with Crippen LogP contribution in [0.2, 0.25) is 0 Å². The zero-order chi connectivity index (χ0) is 46.6. The van der Waals surface area contributed by atoms with Gasteiger partial charge in [-0.3, -0.25) is 4.79 Å². The lowest BCUT2D eigenvalue weighted by atomic mass is 9.99. The number of unbranched alkanes of at least 4 members (excludes halogenated alkanes) is 11. The molecule has 0 aromatic rings. The van der Waals surface area contributed by atoms with E-state index in [9.17, 15) is 30.3 Å². The number of allylic oxidation sites excluding steroid dienone is 19. The first-order valence-corrected chi connectivity index (χ1v) is 24.8. The predicted octanol–water partition coefficient (Wildman–Crippen LogP) is 11.2. The van der Waals surface area contributed by atoms with E-state index in [1.165, 1.54) is 32.1 Å². The quantitative estimate of drug-likeness (QED) is 0.0264. The molecule has 1 aliphatic heterocycles. The molecular formula is C55H89NO8. The molecule has 1 heterocycles. The molecule has 0 spiro atoms. The van der Waals surface area contributed by atoms with E-state index in [0.29, 0.717) is 6.42 Å². The minimum atomic E-state index is -1.58. The molecule has 0 bridgehead atoms. The van der Waals surface area contributed by atoms with Crippen LogP contribution in [0.3, 0.4) is 0 Å². The number of ether oxygens (including phenoxy) is 2. The van der Waals surface area contributed by atoms with Crippen molar-refractivity contribution in [1.29, 1.82) is 0 Å². The molecule has 1 saturated heterocycles. The van der Waals surface area contributed by atoms with Crippen molar-refractivity contribution in [3.05, 3.63) is 122 Å². The van der Waals surface area contributed by atoms with Crippen molar-refractivity contribution in [3.8, 4) is 0 Å². The third-order valence-corrected chi connectivity index (χ3v) is 10.7. The fraction of sp³-hybridized carbons (Fsp3) is 0.618. The zero-order valence-electron chi connectivity index (χ0n) is 39.7. The van der Waals surface area contributed by atoms with E-state index in [0.717, 1.165) is 109 Å². The second kappa shape index (κ2) is 43.5. The van der Waals surface area contributed by atoms with Crippen LogP contribution in [0, 0.1) is 0 Å². The average Bonchev–Trinajstić information content (AvgIpc) is 3.29. The summed E-state index contributed by atoms with van der Waals surface area (Å²) in [5, 5.41) is 54.2. The lowest BCUT2D eigenvalue weighted by molar-refractivity contribution is -0.302. The maximum Gasteiger partial charge on any atom is 0.220 e. The molecule has 1 aliphatic rings. The molecule has 7 unspecified atom stereocenters. The van der Waals surface area contributed by atoms with E-state index in [4.69, 9.17) is 9.47 Å². The minimum absolute atomic E-state index is 0.211. The van der Waals surface area contributed by atoms with Gasteiger partial charge in [0.2, 0.25) is 5.91 Å². The van der Waals surface area contributed by atoms with Crippen LogP contribution in [-0.4, -0.2) is 87.5 Å². The standard InChI is InChI=1S/C55H89NO8/c1-3-5-7-9-11-13-15-17-18-19-20-21-22-23-24-25-26-27-28-29-30-31-32-33-35-37-39-41-43-45-51(59)56-48(47-63-55-54(62)53(61)52(60)50(46-57)64-55)49(58)44-42-40-38-36-34-16-14-12-10-8-6-4-2/h5,7,10-13,17-18,20-21,23-24,26-27,29-30,34,36,42,44,48-50,52-55,57-58,60-62H,3-4,6,8-9,14-16,19,22,25,28,31-33,35,37-41,43,45-47H2,1-2H3,(H,56,59)/b7-5-,12-10+,13-11-,18-17-,21-20-,24-23-,27-26-,30-29-,36-34+,44-42+. The number of aliphatic hydroxyl groups excluding tert-OH is 5. The van der Waals surface area contributed by atoms with Gasteiger partial charge in [-0.15, -0.1) is 0 Å². The maximum absolute atomic E-state index is 13.0. The van der Waals surface area contributed by atoms with Gasteiger partial charge in [0.15, 0.2) is 6.29 Å². The number of nitrogens with one attached hydrogen (secondary N) is 1.